The van der Waals surface area contributed by atoms with Gasteiger partial charge in [0.25, 0.3) is 0 Å². The molecule has 0 bridgehead atoms. The molecule has 0 saturated carbocycles. The minimum atomic E-state index is -1.25. The van der Waals surface area contributed by atoms with Crippen LogP contribution in [0, 0.1) is 18.6 Å². The molecule has 2 aromatic heterocycles. The molecule has 10 nitrogen and oxygen atoms in total. The number of aliphatic hydroxyl groups excluding tert-OH is 2. The molecule has 35 heavy (non-hydrogen) atoms. The van der Waals surface area contributed by atoms with Gasteiger partial charge in [-0.05, 0) is 32.4 Å². The second-order valence-electron chi connectivity index (χ2n) is 9.16. The molecule has 190 valence electrons. The van der Waals surface area contributed by atoms with Crippen molar-refractivity contribution in [2.24, 2.45) is 0 Å². The fourth-order valence-electron chi connectivity index (χ4n) is 4.22. The quantitative estimate of drug-likeness (QED) is 0.448. The molecule has 1 saturated heterocycles. The molecular weight excluding hydrogens is 466 g/mol. The van der Waals surface area contributed by atoms with Gasteiger partial charge in [-0.15, -0.1) is 5.10 Å². The number of aliphatic hydroxyl groups is 3. The van der Waals surface area contributed by atoms with E-state index in [-0.39, 0.29) is 29.0 Å². The average molecular weight is 494 g/mol. The van der Waals surface area contributed by atoms with Crippen LogP contribution in [0.15, 0.2) is 28.9 Å². The number of halogens is 2. The zero-order chi connectivity index (χ0) is 25.5. The molecule has 12 heteroatoms. The Morgan fingerprint density at radius 2 is 1.94 bits per heavy atom. The van der Waals surface area contributed by atoms with E-state index in [1.807, 2.05) is 0 Å². The summed E-state index contributed by atoms with van der Waals surface area (Å²) in [6.07, 6.45) is -2.17. The number of nitrogens with zero attached hydrogens (tertiary/aromatic N) is 4. The molecule has 4 rings (SSSR count). The molecule has 1 aliphatic rings. The molecule has 5 atom stereocenters. The van der Waals surface area contributed by atoms with Crippen LogP contribution in [0.1, 0.15) is 36.9 Å². The first-order valence-electron chi connectivity index (χ1n) is 11.1. The van der Waals surface area contributed by atoms with Gasteiger partial charge >= 0.3 is 0 Å². The molecular formula is C23H28F2N4O6. The fourth-order valence-corrected chi connectivity index (χ4v) is 4.22. The highest BCUT2D eigenvalue weighted by atomic mass is 19.2. The Balaban J connectivity index is 1.66. The third-order valence-electron chi connectivity index (χ3n) is 6.17. The minimum Gasteiger partial charge on any atom is -0.394 e. The van der Waals surface area contributed by atoms with Crippen molar-refractivity contribution in [3.05, 3.63) is 53.0 Å². The summed E-state index contributed by atoms with van der Waals surface area (Å²) >= 11 is 0. The van der Waals surface area contributed by atoms with Crippen molar-refractivity contribution in [2.45, 2.75) is 63.3 Å². The van der Waals surface area contributed by atoms with Crippen LogP contribution in [0.5, 0.6) is 0 Å². The number of aryl methyl sites for hydroxylation is 1. The fraction of sp³-hybridized carbons (Fsp3) is 0.522. The molecule has 0 aliphatic carbocycles. The van der Waals surface area contributed by atoms with Gasteiger partial charge in [-0.25, -0.2) is 13.5 Å². The SMILES string of the molecule is CO[C@@H]1[C@@H](n2cc(-c3ccc(C)c(F)c3F)nn2)[C@@H](O)[C@@H](CO)O[C@@H]1Cc1cc(C(C)(C)O)on1. The molecule has 1 aliphatic heterocycles. The van der Waals surface area contributed by atoms with Crippen LogP contribution < -0.4 is 0 Å². The Labute approximate surface area is 200 Å². The van der Waals surface area contributed by atoms with Gasteiger partial charge in [0.1, 0.15) is 35.6 Å². The first kappa shape index (κ1) is 25.3. The Morgan fingerprint density at radius 1 is 1.20 bits per heavy atom. The van der Waals surface area contributed by atoms with Gasteiger partial charge in [-0.1, -0.05) is 16.4 Å². The van der Waals surface area contributed by atoms with Crippen LogP contribution >= 0.6 is 0 Å². The smallest absolute Gasteiger partial charge is 0.168 e. The maximum atomic E-state index is 14.5. The van der Waals surface area contributed by atoms with E-state index in [4.69, 9.17) is 14.0 Å². The zero-order valence-electron chi connectivity index (χ0n) is 19.7. The molecule has 0 unspecified atom stereocenters. The largest absolute Gasteiger partial charge is 0.394 e. The molecule has 1 aromatic carbocycles. The molecule has 0 spiro atoms. The van der Waals surface area contributed by atoms with Crippen molar-refractivity contribution in [1.29, 1.82) is 0 Å². The highest BCUT2D eigenvalue weighted by Crippen LogP contribution is 2.35. The Bertz CT molecular complexity index is 1180. The van der Waals surface area contributed by atoms with E-state index >= 15 is 0 Å². The number of hydrogen-bond acceptors (Lipinski definition) is 9. The van der Waals surface area contributed by atoms with Crippen LogP contribution in [0.4, 0.5) is 8.78 Å². The molecule has 0 amide bonds. The molecule has 3 N–H and O–H groups in total. The van der Waals surface area contributed by atoms with Crippen LogP contribution in [0.3, 0.4) is 0 Å². The van der Waals surface area contributed by atoms with E-state index in [9.17, 15) is 24.1 Å². The van der Waals surface area contributed by atoms with Gasteiger partial charge in [-0.3, -0.25) is 0 Å². The number of rotatable bonds is 7. The monoisotopic (exact) mass is 494 g/mol. The third-order valence-corrected chi connectivity index (χ3v) is 6.17. The summed E-state index contributed by atoms with van der Waals surface area (Å²) in [5.41, 5.74) is -0.608. The average Bonchev–Trinajstić information content (AvgIpc) is 3.48. The van der Waals surface area contributed by atoms with E-state index in [1.54, 1.807) is 19.9 Å². The van der Waals surface area contributed by atoms with Gasteiger partial charge in [0.15, 0.2) is 17.4 Å². The number of methoxy groups -OCH3 is 1. The highest BCUT2D eigenvalue weighted by Gasteiger charge is 2.47. The van der Waals surface area contributed by atoms with Crippen LogP contribution in [0.2, 0.25) is 0 Å². The minimum absolute atomic E-state index is 0.0679. The van der Waals surface area contributed by atoms with Crippen molar-refractivity contribution >= 4 is 0 Å². The highest BCUT2D eigenvalue weighted by molar-refractivity contribution is 5.59. The summed E-state index contributed by atoms with van der Waals surface area (Å²) in [6, 6.07) is 3.55. The van der Waals surface area contributed by atoms with E-state index in [0.717, 1.165) is 0 Å². The summed E-state index contributed by atoms with van der Waals surface area (Å²) < 4.78 is 46.7. The van der Waals surface area contributed by atoms with E-state index in [2.05, 4.69) is 15.5 Å². The molecule has 3 aromatic rings. The standard InChI is InChI=1S/C23H28F2N4O6/c1-11-5-6-13(19(25)18(11)24)14-9-29(28-26-14)20-21(31)16(10-30)34-15(22(20)33-4)7-12-8-17(35-27-12)23(2,3)32/h5-6,8-9,15-16,20-22,30-32H,7,10H2,1-4H3/t15-,16-,20+,21+,22+/m1/s1. The summed E-state index contributed by atoms with van der Waals surface area (Å²) in [4.78, 5) is 0. The van der Waals surface area contributed by atoms with Gasteiger partial charge in [-0.2, -0.15) is 0 Å². The van der Waals surface area contributed by atoms with Gasteiger partial charge in [0, 0.05) is 25.2 Å². The van der Waals surface area contributed by atoms with Crippen molar-refractivity contribution < 1.29 is 38.1 Å². The number of benzene rings is 1. The lowest BCUT2D eigenvalue weighted by molar-refractivity contribution is -0.212. The number of aromatic nitrogens is 4. The second kappa shape index (κ2) is 9.70. The summed E-state index contributed by atoms with van der Waals surface area (Å²) in [5.74, 6) is -1.76. The lowest BCUT2D eigenvalue weighted by Gasteiger charge is -2.43. The Morgan fingerprint density at radius 3 is 2.57 bits per heavy atom. The topological polar surface area (TPSA) is 136 Å². The van der Waals surface area contributed by atoms with Gasteiger partial charge in [0.05, 0.1) is 24.6 Å². The van der Waals surface area contributed by atoms with Gasteiger partial charge in [0.2, 0.25) is 0 Å². The van der Waals surface area contributed by atoms with Crippen LogP contribution in [0.25, 0.3) is 11.3 Å². The Hall–Kier alpha value is -2.77. The summed E-state index contributed by atoms with van der Waals surface area (Å²) in [6.45, 7) is 4.09. The maximum absolute atomic E-state index is 14.5. The predicted octanol–water partition coefficient (Wildman–Crippen LogP) is 1.67. The molecule has 1 fully saturated rings. The first-order chi connectivity index (χ1) is 16.5. The lowest BCUT2D eigenvalue weighted by atomic mass is 9.90. The molecule has 0 radical (unpaired) electrons. The number of hydrogen-bond donors (Lipinski definition) is 3. The zero-order valence-corrected chi connectivity index (χ0v) is 19.7. The van der Waals surface area contributed by atoms with Crippen molar-refractivity contribution in [3.63, 3.8) is 0 Å². The lowest BCUT2D eigenvalue weighted by Crippen LogP contribution is -2.57. The maximum Gasteiger partial charge on any atom is 0.168 e. The predicted molar refractivity (Wildman–Crippen MR) is 117 cm³/mol. The molecule has 3 heterocycles. The van der Waals surface area contributed by atoms with Crippen molar-refractivity contribution in [2.75, 3.05) is 13.7 Å². The van der Waals surface area contributed by atoms with E-state index in [1.165, 1.54) is 37.0 Å². The van der Waals surface area contributed by atoms with Crippen LogP contribution in [-0.4, -0.2) is 73.6 Å². The number of ether oxygens (including phenoxy) is 2. The van der Waals surface area contributed by atoms with E-state index < -0.39 is 54.3 Å². The summed E-state index contributed by atoms with van der Waals surface area (Å²) in [7, 11) is 1.43. The third kappa shape index (κ3) is 4.84. The van der Waals surface area contributed by atoms with Crippen molar-refractivity contribution in [1.82, 2.24) is 20.2 Å². The van der Waals surface area contributed by atoms with Gasteiger partial charge < -0.3 is 29.3 Å². The summed E-state index contributed by atoms with van der Waals surface area (Å²) in [5, 5.41) is 42.9. The second-order valence-corrected chi connectivity index (χ2v) is 9.16. The van der Waals surface area contributed by atoms with Crippen LogP contribution in [-0.2, 0) is 21.5 Å². The first-order valence-corrected chi connectivity index (χ1v) is 11.1. The Kier molecular flexibility index (Phi) is 7.02. The van der Waals surface area contributed by atoms with E-state index in [0.29, 0.717) is 5.69 Å². The van der Waals surface area contributed by atoms with Crippen molar-refractivity contribution in [3.8, 4) is 11.3 Å². The normalized spacial score (nSPS) is 25.2.